The molecule has 0 spiro atoms. The number of hydrogen-bond donors (Lipinski definition) is 5. The summed E-state index contributed by atoms with van der Waals surface area (Å²) in [4.78, 5) is 88.0. The maximum absolute atomic E-state index is 14.5. The zero-order chi connectivity index (χ0) is 39.5. The van der Waals surface area contributed by atoms with Crippen molar-refractivity contribution in [2.75, 3.05) is 38.7 Å². The Morgan fingerprint density at radius 2 is 1.68 bits per heavy atom. The van der Waals surface area contributed by atoms with Crippen molar-refractivity contribution >= 4 is 80.2 Å². The van der Waals surface area contributed by atoms with Crippen molar-refractivity contribution < 1.29 is 51.8 Å². The maximum atomic E-state index is 14.5. The van der Waals surface area contributed by atoms with Crippen LogP contribution in [-0.4, -0.2) is 96.2 Å². The minimum Gasteiger partial charge on any atom is -0.366 e. The first-order valence-corrected chi connectivity index (χ1v) is 19.6. The molecule has 1 aliphatic heterocycles. The lowest BCUT2D eigenvalue weighted by atomic mass is 9.85. The highest BCUT2D eigenvalue weighted by molar-refractivity contribution is 9.10. The van der Waals surface area contributed by atoms with E-state index in [0.29, 0.717) is 10.4 Å². The molecule has 3 aromatic rings. The molecule has 288 valence electrons. The SMILES string of the molecule is CNC(=O)CCN(C(=O)[C@@H]1C[C@@H](OCC(=O)NC)CN1C(=O)C(NC(=O)c1cc2cc(C(F)(F)P(=O)(O)O)ccc2s1)C(C)(C)C)c1ccc(Br)cc1. The molecule has 1 aromatic heterocycles. The van der Waals surface area contributed by atoms with Gasteiger partial charge in [0.15, 0.2) is 0 Å². The van der Waals surface area contributed by atoms with Gasteiger partial charge in [-0.05, 0) is 53.3 Å². The van der Waals surface area contributed by atoms with Crippen LogP contribution in [0.2, 0.25) is 0 Å². The maximum Gasteiger partial charge on any atom is 0.399 e. The molecule has 3 atom stereocenters. The van der Waals surface area contributed by atoms with Crippen molar-refractivity contribution in [3.05, 3.63) is 63.4 Å². The van der Waals surface area contributed by atoms with E-state index in [4.69, 9.17) is 4.74 Å². The van der Waals surface area contributed by atoms with Gasteiger partial charge in [0.1, 0.15) is 18.7 Å². The Morgan fingerprint density at radius 1 is 1.04 bits per heavy atom. The van der Waals surface area contributed by atoms with Gasteiger partial charge in [-0.25, -0.2) is 0 Å². The van der Waals surface area contributed by atoms with Gasteiger partial charge < -0.3 is 40.3 Å². The second-order valence-electron chi connectivity index (χ2n) is 13.5. The smallest absolute Gasteiger partial charge is 0.366 e. The van der Waals surface area contributed by atoms with Gasteiger partial charge in [0.25, 0.3) is 5.91 Å². The molecule has 19 heteroatoms. The predicted octanol–water partition coefficient (Wildman–Crippen LogP) is 3.94. The number of likely N-dealkylation sites (N-methyl/N-ethyl adjacent to an activating group) is 1. The third-order valence-electron chi connectivity index (χ3n) is 8.65. The lowest BCUT2D eigenvalue weighted by molar-refractivity contribution is -0.141. The Morgan fingerprint density at radius 3 is 2.26 bits per heavy atom. The molecule has 1 fully saturated rings. The van der Waals surface area contributed by atoms with Crippen molar-refractivity contribution in [2.24, 2.45) is 5.41 Å². The molecular formula is C34H41BrF2N5O9PS. The summed E-state index contributed by atoms with van der Waals surface area (Å²) >= 11 is 4.31. The fourth-order valence-corrected chi connectivity index (χ4v) is 7.38. The van der Waals surface area contributed by atoms with Crippen LogP contribution in [0.15, 0.2) is 53.0 Å². The van der Waals surface area contributed by atoms with E-state index in [1.165, 1.54) is 36.0 Å². The number of thiophene rings is 1. The van der Waals surface area contributed by atoms with E-state index in [-0.39, 0.29) is 48.7 Å². The Kier molecular flexibility index (Phi) is 13.2. The number of alkyl halides is 2. The molecule has 5 N–H and O–H groups in total. The lowest BCUT2D eigenvalue weighted by Crippen LogP contribution is -2.58. The van der Waals surface area contributed by atoms with Crippen molar-refractivity contribution in [1.82, 2.24) is 20.9 Å². The van der Waals surface area contributed by atoms with Crippen LogP contribution in [0.5, 0.6) is 0 Å². The molecule has 14 nitrogen and oxygen atoms in total. The fraction of sp³-hybridized carbons (Fsp3) is 0.441. The lowest BCUT2D eigenvalue weighted by Gasteiger charge is -2.36. The van der Waals surface area contributed by atoms with Crippen LogP contribution in [0.4, 0.5) is 14.5 Å². The number of amides is 5. The number of nitrogens with one attached hydrogen (secondary N) is 3. The molecule has 1 aliphatic rings. The summed E-state index contributed by atoms with van der Waals surface area (Å²) in [6, 6.07) is 8.76. The zero-order valence-corrected chi connectivity index (χ0v) is 32.8. The van der Waals surface area contributed by atoms with Gasteiger partial charge in [-0.3, -0.25) is 28.5 Å². The average Bonchev–Trinajstić information content (AvgIpc) is 3.73. The van der Waals surface area contributed by atoms with Crippen LogP contribution in [0.25, 0.3) is 10.1 Å². The second-order valence-corrected chi connectivity index (χ2v) is 17.1. The van der Waals surface area contributed by atoms with E-state index in [9.17, 15) is 47.1 Å². The van der Waals surface area contributed by atoms with Crippen LogP contribution in [0.3, 0.4) is 0 Å². The van der Waals surface area contributed by atoms with Crippen molar-refractivity contribution in [3.8, 4) is 0 Å². The van der Waals surface area contributed by atoms with Gasteiger partial charge in [-0.2, -0.15) is 8.78 Å². The molecule has 53 heavy (non-hydrogen) atoms. The highest BCUT2D eigenvalue weighted by Crippen LogP contribution is 2.59. The Labute approximate surface area is 316 Å². The van der Waals surface area contributed by atoms with E-state index < -0.39 is 66.1 Å². The van der Waals surface area contributed by atoms with E-state index >= 15 is 0 Å². The van der Waals surface area contributed by atoms with Crippen LogP contribution in [0, 0.1) is 5.41 Å². The minimum atomic E-state index is -5.83. The highest BCUT2D eigenvalue weighted by Gasteiger charge is 2.50. The largest absolute Gasteiger partial charge is 0.399 e. The van der Waals surface area contributed by atoms with E-state index in [1.54, 1.807) is 45.0 Å². The molecule has 0 bridgehead atoms. The molecule has 5 amide bonds. The molecule has 1 saturated heterocycles. The molecule has 0 saturated carbocycles. The number of fused-ring (bicyclic) bond motifs is 1. The summed E-state index contributed by atoms with van der Waals surface area (Å²) in [5.74, 6) is -2.58. The third-order valence-corrected chi connectivity index (χ3v) is 11.3. The molecule has 2 heterocycles. The van der Waals surface area contributed by atoms with Gasteiger partial charge in [0.05, 0.1) is 11.0 Å². The number of ether oxygens (including phenoxy) is 1. The van der Waals surface area contributed by atoms with Crippen LogP contribution >= 0.6 is 34.9 Å². The molecule has 1 unspecified atom stereocenters. The number of hydrogen-bond acceptors (Lipinski definition) is 8. The minimum absolute atomic E-state index is 0.0112. The average molecular weight is 845 g/mol. The van der Waals surface area contributed by atoms with Gasteiger partial charge in [-0.15, -0.1) is 11.3 Å². The number of nitrogens with zero attached hydrogens (tertiary/aromatic N) is 2. The van der Waals surface area contributed by atoms with Crippen molar-refractivity contribution in [3.63, 3.8) is 0 Å². The summed E-state index contributed by atoms with van der Waals surface area (Å²) < 4.78 is 47.2. The number of rotatable bonds is 13. The molecule has 2 aromatic carbocycles. The summed E-state index contributed by atoms with van der Waals surface area (Å²) in [7, 11) is -2.92. The number of anilines is 1. The topological polar surface area (TPSA) is 195 Å². The third kappa shape index (κ3) is 9.85. The summed E-state index contributed by atoms with van der Waals surface area (Å²) in [5, 5.41) is 7.87. The van der Waals surface area contributed by atoms with Crippen LogP contribution in [-0.2, 0) is 34.1 Å². The van der Waals surface area contributed by atoms with Gasteiger partial charge in [0.2, 0.25) is 23.6 Å². The van der Waals surface area contributed by atoms with E-state index in [0.717, 1.165) is 27.9 Å². The first-order valence-electron chi connectivity index (χ1n) is 16.4. The monoisotopic (exact) mass is 843 g/mol. The molecular weight excluding hydrogens is 803 g/mol. The summed E-state index contributed by atoms with van der Waals surface area (Å²) in [6.07, 6.45) is -0.767. The fourth-order valence-electron chi connectivity index (χ4n) is 5.69. The van der Waals surface area contributed by atoms with Crippen molar-refractivity contribution in [1.29, 1.82) is 0 Å². The first-order chi connectivity index (χ1) is 24.7. The van der Waals surface area contributed by atoms with Crippen LogP contribution in [0.1, 0.15) is 48.8 Å². The predicted molar refractivity (Wildman–Crippen MR) is 198 cm³/mol. The van der Waals surface area contributed by atoms with E-state index in [1.807, 2.05) is 0 Å². The normalized spacial score (nSPS) is 17.0. The number of carbonyl (C=O) groups is 5. The molecule has 0 aliphatic carbocycles. The standard InChI is InChI=1S/C34H41BrF2N5O9PS/c1-33(2,3)29(40-30(45)26-15-19-14-20(6-11-25(19)53-26)34(36,37)52(48,49)50)32(47)42-17-23(51-18-28(44)39-5)16-24(42)31(46)41(13-12-27(43)38-4)22-9-7-21(35)8-10-22/h6-11,14-15,23-24,29H,12-13,16-18H2,1-5H3,(H,38,43)(H,39,44)(H,40,45)(H2,48,49,50)/t23-,24+,29?/m1/s1. The Bertz CT molecular complexity index is 1920. The van der Waals surface area contributed by atoms with Gasteiger partial charge >= 0.3 is 13.3 Å². The highest BCUT2D eigenvalue weighted by atomic mass is 79.9. The second kappa shape index (κ2) is 16.7. The number of benzene rings is 2. The van der Waals surface area contributed by atoms with Gasteiger partial charge in [0, 0.05) is 60.4 Å². The molecule has 0 radical (unpaired) electrons. The van der Waals surface area contributed by atoms with Crippen LogP contribution < -0.4 is 20.9 Å². The number of carbonyl (C=O) groups excluding carboxylic acids is 5. The number of likely N-dealkylation sites (tertiary alicyclic amines) is 1. The Balaban J connectivity index is 1.67. The summed E-state index contributed by atoms with van der Waals surface area (Å²) in [5.41, 5.74) is -5.83. The number of halogens is 3. The summed E-state index contributed by atoms with van der Waals surface area (Å²) in [6.45, 7) is 4.68. The van der Waals surface area contributed by atoms with E-state index in [2.05, 4.69) is 31.9 Å². The first kappa shape index (κ1) is 41.9. The Hall–Kier alpha value is -3.80. The van der Waals surface area contributed by atoms with Gasteiger partial charge in [-0.1, -0.05) is 42.8 Å². The molecule has 4 rings (SSSR count). The van der Waals surface area contributed by atoms with Crippen molar-refractivity contribution in [2.45, 2.75) is 57.5 Å². The quantitative estimate of drug-likeness (QED) is 0.159. The zero-order valence-electron chi connectivity index (χ0n) is 29.5.